The third-order valence-electron chi connectivity index (χ3n) is 2.98. The summed E-state index contributed by atoms with van der Waals surface area (Å²) < 4.78 is 0. The molecule has 0 heterocycles. The fourth-order valence-corrected chi connectivity index (χ4v) is 2.07. The summed E-state index contributed by atoms with van der Waals surface area (Å²) in [6, 6.07) is 11.8. The molecule has 0 fully saturated rings. The number of anilines is 1. The number of carbonyl (C=O) groups is 2. The fraction of sp³-hybridized carbons (Fsp3) is 0.0588. The first-order chi connectivity index (χ1) is 10.5. The zero-order valence-corrected chi connectivity index (χ0v) is 11.9. The summed E-state index contributed by atoms with van der Waals surface area (Å²) in [5.74, 6) is -1.17. The van der Waals surface area contributed by atoms with Gasteiger partial charge in [-0.2, -0.15) is 0 Å². The van der Waals surface area contributed by atoms with E-state index in [2.05, 4.69) is 5.32 Å². The molecule has 0 aliphatic rings. The maximum Gasteiger partial charge on any atom is 0.328 e. The van der Waals surface area contributed by atoms with Crippen molar-refractivity contribution in [1.82, 2.24) is 0 Å². The average molecular weight is 297 g/mol. The highest BCUT2D eigenvalue weighted by Crippen LogP contribution is 2.32. The maximum atomic E-state index is 11.4. The molecule has 112 valence electrons. The van der Waals surface area contributed by atoms with Gasteiger partial charge < -0.3 is 15.5 Å². The van der Waals surface area contributed by atoms with Gasteiger partial charge in [0.25, 0.3) is 0 Å². The third kappa shape index (κ3) is 3.73. The van der Waals surface area contributed by atoms with E-state index in [9.17, 15) is 14.7 Å². The van der Waals surface area contributed by atoms with E-state index in [1.165, 1.54) is 13.0 Å². The van der Waals surface area contributed by atoms with Crippen LogP contribution in [0, 0.1) is 0 Å². The Bertz CT molecular complexity index is 733. The number of aliphatic carboxylic acids is 1. The van der Waals surface area contributed by atoms with Crippen molar-refractivity contribution in [3.63, 3.8) is 0 Å². The van der Waals surface area contributed by atoms with Crippen LogP contribution in [0.15, 0.2) is 48.5 Å². The van der Waals surface area contributed by atoms with Crippen LogP contribution in [0.5, 0.6) is 5.75 Å². The SMILES string of the molecule is CC(=O)Nc1c(C=CC(=O)O)cccc1-c1ccc(O)cc1. The summed E-state index contributed by atoms with van der Waals surface area (Å²) in [6.45, 7) is 1.39. The monoisotopic (exact) mass is 297 g/mol. The summed E-state index contributed by atoms with van der Waals surface area (Å²) in [4.78, 5) is 22.1. The topological polar surface area (TPSA) is 86.6 Å². The number of carbonyl (C=O) groups excluding carboxylic acids is 1. The van der Waals surface area contributed by atoms with E-state index in [4.69, 9.17) is 5.11 Å². The van der Waals surface area contributed by atoms with Crippen molar-refractivity contribution >= 4 is 23.6 Å². The second-order valence-electron chi connectivity index (χ2n) is 4.67. The fourth-order valence-electron chi connectivity index (χ4n) is 2.07. The van der Waals surface area contributed by atoms with Crippen molar-refractivity contribution < 1.29 is 19.8 Å². The van der Waals surface area contributed by atoms with Gasteiger partial charge in [-0.3, -0.25) is 4.79 Å². The summed E-state index contributed by atoms with van der Waals surface area (Å²) >= 11 is 0. The summed E-state index contributed by atoms with van der Waals surface area (Å²) in [7, 11) is 0. The number of hydrogen-bond donors (Lipinski definition) is 3. The Labute approximate surface area is 127 Å². The Morgan fingerprint density at radius 2 is 1.77 bits per heavy atom. The lowest BCUT2D eigenvalue weighted by Gasteiger charge is -2.13. The lowest BCUT2D eigenvalue weighted by molar-refractivity contribution is -0.131. The molecule has 0 radical (unpaired) electrons. The molecule has 0 spiro atoms. The van der Waals surface area contributed by atoms with Crippen molar-refractivity contribution in [2.75, 3.05) is 5.32 Å². The van der Waals surface area contributed by atoms with E-state index < -0.39 is 5.97 Å². The van der Waals surface area contributed by atoms with Gasteiger partial charge in [-0.15, -0.1) is 0 Å². The molecule has 0 saturated heterocycles. The van der Waals surface area contributed by atoms with Gasteiger partial charge in [-0.25, -0.2) is 4.79 Å². The number of para-hydroxylation sites is 1. The molecule has 0 aliphatic heterocycles. The summed E-state index contributed by atoms with van der Waals surface area (Å²) in [6.07, 6.45) is 2.44. The largest absolute Gasteiger partial charge is 0.508 e. The first kappa shape index (κ1) is 15.3. The van der Waals surface area contributed by atoms with Gasteiger partial charge in [0, 0.05) is 18.6 Å². The number of rotatable bonds is 4. The van der Waals surface area contributed by atoms with E-state index in [0.29, 0.717) is 11.3 Å². The Morgan fingerprint density at radius 1 is 1.09 bits per heavy atom. The van der Waals surface area contributed by atoms with Gasteiger partial charge in [-0.1, -0.05) is 30.3 Å². The molecule has 2 rings (SSSR count). The molecular weight excluding hydrogens is 282 g/mol. The second kappa shape index (κ2) is 6.58. The minimum absolute atomic E-state index is 0.145. The van der Waals surface area contributed by atoms with Crippen LogP contribution in [0.3, 0.4) is 0 Å². The molecule has 0 aliphatic carbocycles. The number of carboxylic acids is 1. The minimum atomic E-state index is -1.07. The molecule has 0 unspecified atom stereocenters. The van der Waals surface area contributed by atoms with Gasteiger partial charge in [0.2, 0.25) is 5.91 Å². The van der Waals surface area contributed by atoms with Crippen LogP contribution in [0.2, 0.25) is 0 Å². The quantitative estimate of drug-likeness (QED) is 0.757. The van der Waals surface area contributed by atoms with E-state index in [-0.39, 0.29) is 11.7 Å². The molecule has 22 heavy (non-hydrogen) atoms. The lowest BCUT2D eigenvalue weighted by atomic mass is 9.99. The zero-order valence-electron chi connectivity index (χ0n) is 11.9. The van der Waals surface area contributed by atoms with Gasteiger partial charge in [-0.05, 0) is 29.3 Å². The first-order valence-corrected chi connectivity index (χ1v) is 6.58. The van der Waals surface area contributed by atoms with Gasteiger partial charge in [0.1, 0.15) is 5.75 Å². The highest BCUT2D eigenvalue weighted by molar-refractivity contribution is 5.98. The molecule has 2 aromatic carbocycles. The van der Waals surface area contributed by atoms with Crippen LogP contribution >= 0.6 is 0 Å². The molecule has 5 nitrogen and oxygen atoms in total. The third-order valence-corrected chi connectivity index (χ3v) is 2.98. The number of aromatic hydroxyl groups is 1. The molecular formula is C17H15NO4. The normalized spacial score (nSPS) is 10.6. The standard InChI is InChI=1S/C17H15NO4/c1-11(19)18-17-13(7-10-16(21)22)3-2-4-15(17)12-5-8-14(20)9-6-12/h2-10,20H,1H3,(H,18,19)(H,21,22). The molecule has 2 aromatic rings. The molecule has 0 saturated carbocycles. The van der Waals surface area contributed by atoms with Crippen molar-refractivity contribution in [1.29, 1.82) is 0 Å². The Balaban J connectivity index is 2.57. The highest BCUT2D eigenvalue weighted by atomic mass is 16.4. The van der Waals surface area contributed by atoms with Gasteiger partial charge in [0.05, 0.1) is 5.69 Å². The van der Waals surface area contributed by atoms with Crippen LogP contribution in [0.25, 0.3) is 17.2 Å². The van der Waals surface area contributed by atoms with E-state index in [1.54, 1.807) is 36.4 Å². The van der Waals surface area contributed by atoms with Crippen LogP contribution in [0.4, 0.5) is 5.69 Å². The van der Waals surface area contributed by atoms with E-state index in [0.717, 1.165) is 17.2 Å². The van der Waals surface area contributed by atoms with Crippen LogP contribution < -0.4 is 5.32 Å². The molecule has 1 amide bonds. The average Bonchev–Trinajstić information content (AvgIpc) is 2.46. The maximum absolute atomic E-state index is 11.4. The van der Waals surface area contributed by atoms with Crippen LogP contribution in [-0.4, -0.2) is 22.1 Å². The number of nitrogens with one attached hydrogen (secondary N) is 1. The molecule has 0 bridgehead atoms. The Kier molecular flexibility index (Phi) is 4.58. The number of amides is 1. The Morgan fingerprint density at radius 3 is 2.36 bits per heavy atom. The molecule has 3 N–H and O–H groups in total. The first-order valence-electron chi connectivity index (χ1n) is 6.58. The number of hydrogen-bond acceptors (Lipinski definition) is 3. The predicted molar refractivity (Wildman–Crippen MR) is 84.5 cm³/mol. The second-order valence-corrected chi connectivity index (χ2v) is 4.67. The minimum Gasteiger partial charge on any atom is -0.508 e. The van der Waals surface area contributed by atoms with Gasteiger partial charge >= 0.3 is 5.97 Å². The van der Waals surface area contributed by atoms with Crippen molar-refractivity contribution in [2.45, 2.75) is 6.92 Å². The number of carboxylic acid groups (broad SMARTS) is 1. The van der Waals surface area contributed by atoms with Crippen molar-refractivity contribution in [3.8, 4) is 16.9 Å². The van der Waals surface area contributed by atoms with Crippen LogP contribution in [0.1, 0.15) is 12.5 Å². The summed E-state index contributed by atoms with van der Waals surface area (Å²) in [5, 5.41) is 20.9. The molecule has 0 atom stereocenters. The number of phenols is 1. The molecule has 0 aromatic heterocycles. The summed E-state index contributed by atoms with van der Waals surface area (Å²) in [5.41, 5.74) is 2.65. The predicted octanol–water partition coefficient (Wildman–Crippen LogP) is 3.12. The van der Waals surface area contributed by atoms with E-state index in [1.807, 2.05) is 6.07 Å². The highest BCUT2D eigenvalue weighted by Gasteiger charge is 2.10. The van der Waals surface area contributed by atoms with Gasteiger partial charge in [0.15, 0.2) is 0 Å². The van der Waals surface area contributed by atoms with Crippen molar-refractivity contribution in [2.24, 2.45) is 0 Å². The number of benzene rings is 2. The lowest BCUT2D eigenvalue weighted by Crippen LogP contribution is -2.08. The zero-order chi connectivity index (χ0) is 16.1. The van der Waals surface area contributed by atoms with E-state index >= 15 is 0 Å². The van der Waals surface area contributed by atoms with Crippen LogP contribution in [-0.2, 0) is 9.59 Å². The molecule has 5 heteroatoms. The van der Waals surface area contributed by atoms with Crippen molar-refractivity contribution in [3.05, 3.63) is 54.1 Å². The number of phenolic OH excluding ortho intramolecular Hbond substituents is 1. The smallest absolute Gasteiger partial charge is 0.328 e. The Hall–Kier alpha value is -3.08.